The third-order valence-corrected chi connectivity index (χ3v) is 14.3. The molecule has 0 aliphatic carbocycles. The van der Waals surface area contributed by atoms with Crippen LogP contribution in [0.1, 0.15) is 316 Å². The molecule has 0 aromatic rings. The molecule has 1 unspecified atom stereocenters. The van der Waals surface area contributed by atoms with Crippen LogP contribution >= 0.6 is 0 Å². The van der Waals surface area contributed by atoms with Crippen molar-refractivity contribution in [2.24, 2.45) is 0 Å². The number of hydrogen-bond acceptors (Lipinski definition) is 6. The normalized spacial score (nSPS) is 12.8. The molecular weight excluding hydrogens is 973 g/mol. The van der Waals surface area contributed by atoms with E-state index < -0.39 is 6.10 Å². The third-order valence-electron chi connectivity index (χ3n) is 14.3. The first-order valence-electron chi connectivity index (χ1n) is 33.4. The lowest BCUT2D eigenvalue weighted by atomic mass is 10.0. The van der Waals surface area contributed by atoms with Crippen LogP contribution in [-0.4, -0.2) is 37.2 Å². The van der Waals surface area contributed by atoms with E-state index in [-0.39, 0.29) is 31.1 Å². The van der Waals surface area contributed by atoms with Crippen LogP contribution in [0.2, 0.25) is 0 Å². The molecule has 0 amide bonds. The van der Waals surface area contributed by atoms with Gasteiger partial charge in [0, 0.05) is 19.3 Å². The van der Waals surface area contributed by atoms with Gasteiger partial charge < -0.3 is 14.2 Å². The monoisotopic (exact) mass is 1100 g/mol. The van der Waals surface area contributed by atoms with Crippen LogP contribution in [0, 0.1) is 0 Å². The Morgan fingerprint density at radius 3 is 0.772 bits per heavy atom. The Hall–Kier alpha value is -3.93. The van der Waals surface area contributed by atoms with E-state index in [0.717, 1.165) is 116 Å². The summed E-state index contributed by atoms with van der Waals surface area (Å²) in [5, 5.41) is 0. The summed E-state index contributed by atoms with van der Waals surface area (Å²) in [6.07, 6.45) is 91.3. The maximum absolute atomic E-state index is 12.9. The highest BCUT2D eigenvalue weighted by atomic mass is 16.6. The van der Waals surface area contributed by atoms with Crippen LogP contribution in [0.4, 0.5) is 0 Å². The molecule has 6 heteroatoms. The molecule has 0 bridgehead atoms. The maximum Gasteiger partial charge on any atom is 0.306 e. The van der Waals surface area contributed by atoms with Crippen molar-refractivity contribution in [3.63, 3.8) is 0 Å². The summed E-state index contributed by atoms with van der Waals surface area (Å²) in [5.41, 5.74) is 0. The Bertz CT molecular complexity index is 1590. The standard InChI is InChI=1S/C73H124O6/c1-4-7-10-13-16-18-20-22-24-26-28-30-32-33-34-35-36-37-38-39-41-42-44-46-48-50-52-54-57-60-63-66-72(75)78-69-70(68-77-71(74)65-62-59-56-15-12-9-6-3)79-73(76)67-64-61-58-55-53-51-49-47-45-43-40-31-29-27-25-23-21-19-17-14-11-8-5-2/h7-8,10-11,16-19,22-25,28-31,33-34,70H,4-6,9,12-15,20-21,26-27,32,35-69H2,1-3H3/b10-7-,11-8-,18-16-,19-17-,24-22-,25-23-,30-28-,31-29-,34-33-. The van der Waals surface area contributed by atoms with Crippen molar-refractivity contribution in [3.05, 3.63) is 109 Å². The van der Waals surface area contributed by atoms with Gasteiger partial charge in [0.2, 0.25) is 0 Å². The van der Waals surface area contributed by atoms with Gasteiger partial charge in [-0.2, -0.15) is 0 Å². The lowest BCUT2D eigenvalue weighted by Crippen LogP contribution is -2.30. The van der Waals surface area contributed by atoms with Crippen LogP contribution in [0.25, 0.3) is 0 Å². The fraction of sp³-hybridized carbons (Fsp3) is 0.712. The fourth-order valence-electron chi connectivity index (χ4n) is 9.35. The molecule has 0 N–H and O–H groups in total. The second kappa shape index (κ2) is 66.6. The van der Waals surface area contributed by atoms with Gasteiger partial charge in [0.1, 0.15) is 13.2 Å². The minimum atomic E-state index is -0.778. The summed E-state index contributed by atoms with van der Waals surface area (Å²) in [6.45, 7) is 6.39. The van der Waals surface area contributed by atoms with Gasteiger partial charge in [-0.3, -0.25) is 14.4 Å². The molecule has 452 valence electrons. The average Bonchev–Trinajstić information content (AvgIpc) is 3.45. The molecule has 0 rings (SSSR count). The Balaban J connectivity index is 4.09. The van der Waals surface area contributed by atoms with Crippen LogP contribution in [0.15, 0.2) is 109 Å². The zero-order chi connectivity index (χ0) is 57.1. The van der Waals surface area contributed by atoms with Gasteiger partial charge >= 0.3 is 17.9 Å². The van der Waals surface area contributed by atoms with Crippen LogP contribution in [0.3, 0.4) is 0 Å². The molecule has 1 atom stereocenters. The minimum absolute atomic E-state index is 0.0771. The van der Waals surface area contributed by atoms with Crippen molar-refractivity contribution in [2.45, 2.75) is 322 Å². The maximum atomic E-state index is 12.9. The Labute approximate surface area is 489 Å². The smallest absolute Gasteiger partial charge is 0.306 e. The molecule has 0 heterocycles. The molecule has 0 saturated heterocycles. The van der Waals surface area contributed by atoms with Crippen molar-refractivity contribution in [1.82, 2.24) is 0 Å². The van der Waals surface area contributed by atoms with E-state index in [1.807, 2.05) is 0 Å². The number of esters is 3. The highest BCUT2D eigenvalue weighted by molar-refractivity contribution is 5.71. The van der Waals surface area contributed by atoms with E-state index in [1.54, 1.807) is 0 Å². The second-order valence-corrected chi connectivity index (χ2v) is 22.0. The highest BCUT2D eigenvalue weighted by Crippen LogP contribution is 2.17. The molecule has 0 aliphatic rings. The quantitative estimate of drug-likeness (QED) is 0.0261. The first-order chi connectivity index (χ1) is 39.0. The van der Waals surface area contributed by atoms with E-state index >= 15 is 0 Å². The first kappa shape index (κ1) is 75.1. The van der Waals surface area contributed by atoms with E-state index in [0.29, 0.717) is 19.3 Å². The average molecular weight is 1100 g/mol. The van der Waals surface area contributed by atoms with Gasteiger partial charge in [-0.15, -0.1) is 0 Å². The third kappa shape index (κ3) is 64.8. The summed E-state index contributed by atoms with van der Waals surface area (Å²) >= 11 is 0. The molecule has 0 aliphatic heterocycles. The summed E-state index contributed by atoms with van der Waals surface area (Å²) < 4.78 is 16.9. The van der Waals surface area contributed by atoms with Gasteiger partial charge in [-0.1, -0.05) is 304 Å². The Kier molecular flexibility index (Phi) is 63.3. The predicted octanol–water partition coefficient (Wildman–Crippen LogP) is 23.0. The van der Waals surface area contributed by atoms with Crippen molar-refractivity contribution in [2.75, 3.05) is 13.2 Å². The van der Waals surface area contributed by atoms with Gasteiger partial charge in [0.05, 0.1) is 0 Å². The number of carbonyl (C=O) groups excluding carboxylic acids is 3. The number of ether oxygens (including phenoxy) is 3. The molecule has 0 aromatic carbocycles. The Morgan fingerprint density at radius 2 is 0.494 bits per heavy atom. The highest BCUT2D eigenvalue weighted by Gasteiger charge is 2.19. The molecule has 0 saturated carbocycles. The zero-order valence-electron chi connectivity index (χ0n) is 51.9. The van der Waals surface area contributed by atoms with Crippen molar-refractivity contribution in [3.8, 4) is 0 Å². The first-order valence-corrected chi connectivity index (χ1v) is 33.4. The number of unbranched alkanes of at least 4 members (excludes halogenated alkanes) is 31. The second-order valence-electron chi connectivity index (χ2n) is 22.0. The summed E-state index contributed by atoms with van der Waals surface area (Å²) in [6, 6.07) is 0. The lowest BCUT2D eigenvalue weighted by Gasteiger charge is -2.18. The summed E-state index contributed by atoms with van der Waals surface area (Å²) in [7, 11) is 0. The lowest BCUT2D eigenvalue weighted by molar-refractivity contribution is -0.167. The predicted molar refractivity (Wildman–Crippen MR) is 343 cm³/mol. The van der Waals surface area contributed by atoms with Crippen molar-refractivity contribution >= 4 is 17.9 Å². The Morgan fingerprint density at radius 1 is 0.266 bits per heavy atom. The molecule has 0 radical (unpaired) electrons. The summed E-state index contributed by atoms with van der Waals surface area (Å²) in [5.74, 6) is -0.878. The zero-order valence-corrected chi connectivity index (χ0v) is 51.9. The molecule has 79 heavy (non-hydrogen) atoms. The molecule has 0 fully saturated rings. The molecule has 6 nitrogen and oxygen atoms in total. The van der Waals surface area contributed by atoms with E-state index in [9.17, 15) is 14.4 Å². The number of allylic oxidation sites excluding steroid dienone is 18. The SMILES string of the molecule is CC/C=C\C/C=C\C/C=C\C/C=C\C/C=C\CCCCCCCCCCCCCCCCCC(=O)OCC(COC(=O)CCCCCCCCC)OC(=O)CCCCCCCCCCCC/C=C\C/C=C\C/C=C\C/C=C\CC. The topological polar surface area (TPSA) is 78.9 Å². The van der Waals surface area contributed by atoms with Crippen LogP contribution in [-0.2, 0) is 28.6 Å². The fourth-order valence-corrected chi connectivity index (χ4v) is 9.35. The van der Waals surface area contributed by atoms with E-state index in [4.69, 9.17) is 14.2 Å². The number of carbonyl (C=O) groups is 3. The van der Waals surface area contributed by atoms with Gasteiger partial charge in [0.25, 0.3) is 0 Å². The van der Waals surface area contributed by atoms with Crippen LogP contribution in [0.5, 0.6) is 0 Å². The molecule has 0 spiro atoms. The molecule has 0 aromatic heterocycles. The van der Waals surface area contributed by atoms with Crippen LogP contribution < -0.4 is 0 Å². The number of rotatable bonds is 60. The van der Waals surface area contributed by atoms with Crippen molar-refractivity contribution in [1.29, 1.82) is 0 Å². The number of hydrogen-bond donors (Lipinski definition) is 0. The molecular formula is C73H124O6. The van der Waals surface area contributed by atoms with Gasteiger partial charge in [-0.25, -0.2) is 0 Å². The largest absolute Gasteiger partial charge is 0.462 e. The summed E-state index contributed by atoms with van der Waals surface area (Å²) in [4.78, 5) is 38.1. The van der Waals surface area contributed by atoms with E-state index in [2.05, 4.69) is 130 Å². The van der Waals surface area contributed by atoms with Gasteiger partial charge in [0.15, 0.2) is 6.10 Å². The van der Waals surface area contributed by atoms with Crippen molar-refractivity contribution < 1.29 is 28.6 Å². The minimum Gasteiger partial charge on any atom is -0.462 e. The van der Waals surface area contributed by atoms with Gasteiger partial charge in [-0.05, 0) is 103 Å². The van der Waals surface area contributed by atoms with E-state index in [1.165, 1.54) is 161 Å².